The lowest BCUT2D eigenvalue weighted by Crippen LogP contribution is -2.19. The van der Waals surface area contributed by atoms with E-state index in [-0.39, 0.29) is 0 Å². The molecule has 0 amide bonds. The molecule has 1 N–H and O–H groups in total. The smallest absolute Gasteiger partial charge is 0.0951 e. The van der Waals surface area contributed by atoms with Gasteiger partial charge >= 0.3 is 0 Å². The summed E-state index contributed by atoms with van der Waals surface area (Å²) in [5.41, 5.74) is 2.35. The third-order valence-corrected chi connectivity index (χ3v) is 2.89. The van der Waals surface area contributed by atoms with E-state index < -0.39 is 0 Å². The van der Waals surface area contributed by atoms with Gasteiger partial charge in [0.25, 0.3) is 0 Å². The third kappa shape index (κ3) is 3.40. The first-order valence-corrected chi connectivity index (χ1v) is 6.38. The van der Waals surface area contributed by atoms with Crippen molar-refractivity contribution >= 4 is 0 Å². The van der Waals surface area contributed by atoms with Gasteiger partial charge in [-0.25, -0.2) is 4.98 Å². The number of pyridine rings is 1. The lowest BCUT2D eigenvalue weighted by molar-refractivity contribution is 0.550. The summed E-state index contributed by atoms with van der Waals surface area (Å²) in [5, 5.41) is 3.43. The highest BCUT2D eigenvalue weighted by molar-refractivity contribution is 5.04. The monoisotopic (exact) mass is 244 g/mol. The van der Waals surface area contributed by atoms with Crippen LogP contribution in [0.25, 0.3) is 0 Å². The minimum Gasteiger partial charge on any atom is -0.331 e. The maximum Gasteiger partial charge on any atom is 0.0951 e. The van der Waals surface area contributed by atoms with Gasteiger partial charge in [-0.05, 0) is 26.0 Å². The number of nitrogens with zero attached hydrogens (tertiary/aromatic N) is 3. The number of nitrogens with one attached hydrogen (secondary N) is 1. The fourth-order valence-electron chi connectivity index (χ4n) is 1.91. The first kappa shape index (κ1) is 12.8. The maximum atomic E-state index is 4.30. The third-order valence-electron chi connectivity index (χ3n) is 2.89. The van der Waals surface area contributed by atoms with E-state index in [9.17, 15) is 0 Å². The molecule has 0 atom stereocenters. The van der Waals surface area contributed by atoms with Gasteiger partial charge in [0, 0.05) is 43.6 Å². The summed E-state index contributed by atoms with van der Waals surface area (Å²) in [6.07, 6.45) is 6.61. The Hall–Kier alpha value is -1.68. The summed E-state index contributed by atoms with van der Waals surface area (Å²) in [7, 11) is 0. The van der Waals surface area contributed by atoms with E-state index >= 15 is 0 Å². The van der Waals surface area contributed by atoms with Gasteiger partial charge in [-0.1, -0.05) is 6.07 Å². The summed E-state index contributed by atoms with van der Waals surface area (Å²) in [6, 6.07) is 6.48. The summed E-state index contributed by atoms with van der Waals surface area (Å²) in [5.74, 6) is 0. The lowest BCUT2D eigenvalue weighted by atomic mass is 10.2. The zero-order valence-corrected chi connectivity index (χ0v) is 11.0. The van der Waals surface area contributed by atoms with E-state index in [0.717, 1.165) is 25.2 Å². The number of imidazole rings is 1. The van der Waals surface area contributed by atoms with Crippen LogP contribution in [0.3, 0.4) is 0 Å². The van der Waals surface area contributed by atoms with Gasteiger partial charge < -0.3 is 9.88 Å². The Morgan fingerprint density at radius 3 is 2.94 bits per heavy atom. The predicted octanol–water partition coefficient (Wildman–Crippen LogP) is 2.19. The van der Waals surface area contributed by atoms with Crippen molar-refractivity contribution in [2.24, 2.45) is 0 Å². The van der Waals surface area contributed by atoms with Crippen molar-refractivity contribution in [1.29, 1.82) is 0 Å². The van der Waals surface area contributed by atoms with E-state index in [1.807, 2.05) is 30.9 Å². The molecular formula is C14H20N4. The van der Waals surface area contributed by atoms with E-state index in [4.69, 9.17) is 0 Å². The summed E-state index contributed by atoms with van der Waals surface area (Å²) >= 11 is 0. The van der Waals surface area contributed by atoms with Crippen LogP contribution in [0.2, 0.25) is 0 Å². The zero-order valence-electron chi connectivity index (χ0n) is 11.0. The van der Waals surface area contributed by atoms with Crippen molar-refractivity contribution in [3.8, 4) is 0 Å². The van der Waals surface area contributed by atoms with Crippen LogP contribution in [0.5, 0.6) is 0 Å². The van der Waals surface area contributed by atoms with Crippen LogP contribution in [0.1, 0.15) is 31.3 Å². The Balaban J connectivity index is 1.77. The maximum absolute atomic E-state index is 4.30. The minimum absolute atomic E-state index is 0.458. The number of aromatic nitrogens is 3. The fraction of sp³-hybridized carbons (Fsp3) is 0.429. The molecule has 0 aliphatic carbocycles. The summed E-state index contributed by atoms with van der Waals surface area (Å²) in [4.78, 5) is 8.49. The van der Waals surface area contributed by atoms with Gasteiger partial charge in [0.05, 0.1) is 12.0 Å². The van der Waals surface area contributed by atoms with Crippen molar-refractivity contribution in [1.82, 2.24) is 19.9 Å². The molecule has 0 spiro atoms. The molecule has 2 heterocycles. The molecule has 0 saturated heterocycles. The second-order valence-electron chi connectivity index (χ2n) is 4.63. The average Bonchev–Trinajstić information content (AvgIpc) is 2.84. The molecule has 2 aromatic rings. The molecule has 0 saturated carbocycles. The molecule has 0 radical (unpaired) electrons. The van der Waals surface area contributed by atoms with Crippen LogP contribution in [-0.2, 0) is 13.0 Å². The highest BCUT2D eigenvalue weighted by Crippen LogP contribution is 2.08. The largest absolute Gasteiger partial charge is 0.331 e. The molecule has 0 aliphatic rings. The predicted molar refractivity (Wildman–Crippen MR) is 72.3 cm³/mol. The van der Waals surface area contributed by atoms with E-state index in [2.05, 4.69) is 39.8 Å². The van der Waals surface area contributed by atoms with Crippen molar-refractivity contribution in [3.63, 3.8) is 0 Å². The van der Waals surface area contributed by atoms with Crippen molar-refractivity contribution in [2.75, 3.05) is 6.54 Å². The zero-order chi connectivity index (χ0) is 12.8. The van der Waals surface area contributed by atoms with Crippen molar-refractivity contribution < 1.29 is 0 Å². The Morgan fingerprint density at radius 2 is 2.22 bits per heavy atom. The van der Waals surface area contributed by atoms with Crippen LogP contribution >= 0.6 is 0 Å². The van der Waals surface area contributed by atoms with E-state index in [1.54, 1.807) is 0 Å². The SMILES string of the molecule is CC(C)n1cncc1CNCCc1ccccn1. The molecule has 0 aromatic carbocycles. The number of hydrogen-bond acceptors (Lipinski definition) is 3. The molecule has 0 bridgehead atoms. The van der Waals surface area contributed by atoms with Crippen LogP contribution in [0.4, 0.5) is 0 Å². The molecule has 4 nitrogen and oxygen atoms in total. The topological polar surface area (TPSA) is 42.7 Å². The van der Waals surface area contributed by atoms with Gasteiger partial charge in [-0.2, -0.15) is 0 Å². The molecule has 0 aliphatic heterocycles. The molecule has 96 valence electrons. The molecule has 4 heteroatoms. The van der Waals surface area contributed by atoms with Crippen LogP contribution in [0.15, 0.2) is 36.9 Å². The molecular weight excluding hydrogens is 224 g/mol. The highest BCUT2D eigenvalue weighted by Gasteiger charge is 2.04. The standard InChI is InChI=1S/C14H20N4/c1-12(2)18-11-16-10-14(18)9-15-8-6-13-5-3-4-7-17-13/h3-5,7,10-12,15H,6,8-9H2,1-2H3. The Bertz CT molecular complexity index is 462. The Morgan fingerprint density at radius 1 is 1.33 bits per heavy atom. The van der Waals surface area contributed by atoms with Gasteiger partial charge in [-0.3, -0.25) is 4.98 Å². The van der Waals surface area contributed by atoms with Gasteiger partial charge in [-0.15, -0.1) is 0 Å². The first-order chi connectivity index (χ1) is 8.77. The van der Waals surface area contributed by atoms with Crippen molar-refractivity contribution in [2.45, 2.75) is 32.9 Å². The fourth-order valence-corrected chi connectivity index (χ4v) is 1.91. The second kappa shape index (κ2) is 6.31. The van der Waals surface area contributed by atoms with Crippen LogP contribution in [-0.4, -0.2) is 21.1 Å². The van der Waals surface area contributed by atoms with Gasteiger partial charge in [0.2, 0.25) is 0 Å². The number of hydrogen-bond donors (Lipinski definition) is 1. The first-order valence-electron chi connectivity index (χ1n) is 6.38. The average molecular weight is 244 g/mol. The second-order valence-corrected chi connectivity index (χ2v) is 4.63. The molecule has 0 fully saturated rings. The molecule has 2 aromatic heterocycles. The van der Waals surface area contributed by atoms with Gasteiger partial charge in [0.15, 0.2) is 0 Å². The highest BCUT2D eigenvalue weighted by atomic mass is 15.1. The lowest BCUT2D eigenvalue weighted by Gasteiger charge is -2.12. The summed E-state index contributed by atoms with van der Waals surface area (Å²) in [6.45, 7) is 6.11. The Labute approximate surface area is 108 Å². The van der Waals surface area contributed by atoms with E-state index in [0.29, 0.717) is 6.04 Å². The Kier molecular flexibility index (Phi) is 4.47. The van der Waals surface area contributed by atoms with Gasteiger partial charge in [0.1, 0.15) is 0 Å². The van der Waals surface area contributed by atoms with Crippen LogP contribution in [0, 0.1) is 0 Å². The molecule has 18 heavy (non-hydrogen) atoms. The van der Waals surface area contributed by atoms with Crippen molar-refractivity contribution in [3.05, 3.63) is 48.3 Å². The quantitative estimate of drug-likeness (QED) is 0.792. The minimum atomic E-state index is 0.458. The number of rotatable bonds is 6. The summed E-state index contributed by atoms with van der Waals surface area (Å²) < 4.78 is 2.19. The molecule has 0 unspecified atom stereocenters. The van der Waals surface area contributed by atoms with Crippen LogP contribution < -0.4 is 5.32 Å². The van der Waals surface area contributed by atoms with E-state index in [1.165, 1.54) is 5.69 Å². The normalized spacial score (nSPS) is 11.1. The molecule has 2 rings (SSSR count).